The highest BCUT2D eigenvalue weighted by atomic mass is 15.3. The van der Waals surface area contributed by atoms with Gasteiger partial charge >= 0.3 is 0 Å². The van der Waals surface area contributed by atoms with E-state index in [2.05, 4.69) is 93.2 Å². The molecule has 0 fully saturated rings. The monoisotopic (exact) mass is 630 g/mol. The number of aromatic nitrogens is 3. The SMILES string of the molecule is N=C1C(c2cccc(-c3cccnc3)c2)=CC(c2cccc(-c3cccnc3)c2)=C/C1=N/Nc1ccc(-c2cncc3ccccc23)cc1. The molecule has 6 nitrogen and oxygen atoms in total. The van der Waals surface area contributed by atoms with Gasteiger partial charge in [-0.25, -0.2) is 0 Å². The van der Waals surface area contributed by atoms with Gasteiger partial charge < -0.3 is 0 Å². The number of fused-ring (bicyclic) bond motifs is 1. The zero-order valence-corrected chi connectivity index (χ0v) is 26.5. The summed E-state index contributed by atoms with van der Waals surface area (Å²) in [5.74, 6) is 0. The van der Waals surface area contributed by atoms with Gasteiger partial charge in [0, 0.05) is 64.8 Å². The van der Waals surface area contributed by atoms with Crippen LogP contribution in [-0.2, 0) is 0 Å². The fourth-order valence-electron chi connectivity index (χ4n) is 6.12. The van der Waals surface area contributed by atoms with Crippen molar-refractivity contribution in [1.82, 2.24) is 15.0 Å². The van der Waals surface area contributed by atoms with Gasteiger partial charge in [0.05, 0.1) is 11.4 Å². The van der Waals surface area contributed by atoms with E-state index < -0.39 is 0 Å². The largest absolute Gasteiger partial charge is 0.298 e. The summed E-state index contributed by atoms with van der Waals surface area (Å²) < 4.78 is 0. The summed E-state index contributed by atoms with van der Waals surface area (Å²) in [6.07, 6.45) is 15.1. The van der Waals surface area contributed by atoms with Crippen LogP contribution in [0.2, 0.25) is 0 Å². The lowest BCUT2D eigenvalue weighted by Gasteiger charge is -2.19. The van der Waals surface area contributed by atoms with Crippen molar-refractivity contribution in [2.75, 3.05) is 5.43 Å². The van der Waals surface area contributed by atoms with E-state index in [0.29, 0.717) is 11.4 Å². The second-order valence-electron chi connectivity index (χ2n) is 11.8. The zero-order chi connectivity index (χ0) is 33.0. The van der Waals surface area contributed by atoms with Crippen LogP contribution in [0.25, 0.3) is 55.3 Å². The van der Waals surface area contributed by atoms with Gasteiger partial charge in [-0.15, -0.1) is 0 Å². The van der Waals surface area contributed by atoms with Gasteiger partial charge in [-0.3, -0.25) is 25.8 Å². The molecule has 3 aromatic heterocycles. The Morgan fingerprint density at radius 2 is 1.16 bits per heavy atom. The molecule has 49 heavy (non-hydrogen) atoms. The fourth-order valence-corrected chi connectivity index (χ4v) is 6.12. The summed E-state index contributed by atoms with van der Waals surface area (Å²) in [4.78, 5) is 13.1. The Morgan fingerprint density at radius 3 is 1.88 bits per heavy atom. The molecule has 0 unspecified atom stereocenters. The van der Waals surface area contributed by atoms with Crippen molar-refractivity contribution in [3.05, 3.63) is 182 Å². The number of benzene rings is 4. The Morgan fingerprint density at radius 1 is 0.510 bits per heavy atom. The van der Waals surface area contributed by atoms with E-state index in [9.17, 15) is 5.41 Å². The topological polar surface area (TPSA) is 86.9 Å². The molecule has 0 saturated carbocycles. The molecule has 0 radical (unpaired) electrons. The number of nitrogens with zero attached hydrogens (tertiary/aromatic N) is 4. The van der Waals surface area contributed by atoms with Crippen LogP contribution in [0.15, 0.2) is 176 Å². The molecule has 0 atom stereocenters. The number of allylic oxidation sites excluding steroid dienone is 4. The highest BCUT2D eigenvalue weighted by molar-refractivity contribution is 6.62. The van der Waals surface area contributed by atoms with Crippen molar-refractivity contribution in [3.8, 4) is 33.4 Å². The Bertz CT molecular complexity index is 2400. The number of anilines is 1. The third-order valence-electron chi connectivity index (χ3n) is 8.65. The summed E-state index contributed by atoms with van der Waals surface area (Å²) in [5, 5.41) is 16.4. The van der Waals surface area contributed by atoms with E-state index in [0.717, 1.165) is 72.1 Å². The lowest BCUT2D eigenvalue weighted by molar-refractivity contribution is 1.33. The summed E-state index contributed by atoms with van der Waals surface area (Å²) in [6.45, 7) is 0. The third-order valence-corrected chi connectivity index (χ3v) is 8.65. The van der Waals surface area contributed by atoms with E-state index in [1.165, 1.54) is 0 Å². The predicted octanol–water partition coefficient (Wildman–Crippen LogP) is 9.99. The molecule has 8 rings (SSSR count). The number of rotatable bonds is 7. The average Bonchev–Trinajstić information content (AvgIpc) is 3.18. The molecule has 0 saturated heterocycles. The minimum absolute atomic E-state index is 0.335. The first kappa shape index (κ1) is 29.6. The maximum atomic E-state index is 9.32. The van der Waals surface area contributed by atoms with Gasteiger partial charge in [-0.2, -0.15) is 5.10 Å². The van der Waals surface area contributed by atoms with Crippen LogP contribution in [0.3, 0.4) is 0 Å². The van der Waals surface area contributed by atoms with E-state index in [4.69, 9.17) is 5.10 Å². The molecular formula is C43H30N6. The van der Waals surface area contributed by atoms with Crippen molar-refractivity contribution in [2.45, 2.75) is 0 Å². The molecule has 232 valence electrons. The summed E-state index contributed by atoms with van der Waals surface area (Å²) in [6, 6.07) is 41.0. The van der Waals surface area contributed by atoms with Crippen molar-refractivity contribution < 1.29 is 0 Å². The molecule has 0 spiro atoms. The van der Waals surface area contributed by atoms with Crippen LogP contribution in [0.5, 0.6) is 0 Å². The zero-order valence-electron chi connectivity index (χ0n) is 26.5. The maximum Gasteiger partial charge on any atom is 0.109 e. The van der Waals surface area contributed by atoms with E-state index in [1.54, 1.807) is 12.4 Å². The smallest absolute Gasteiger partial charge is 0.109 e. The van der Waals surface area contributed by atoms with E-state index >= 15 is 0 Å². The quantitative estimate of drug-likeness (QED) is 0.136. The molecule has 1 aliphatic rings. The molecule has 0 amide bonds. The molecular weight excluding hydrogens is 601 g/mol. The van der Waals surface area contributed by atoms with E-state index in [1.807, 2.05) is 85.5 Å². The lowest BCUT2D eigenvalue weighted by atomic mass is 9.86. The first-order valence-electron chi connectivity index (χ1n) is 16.0. The second kappa shape index (κ2) is 13.1. The van der Waals surface area contributed by atoms with Gasteiger partial charge in [-0.05, 0) is 87.3 Å². The predicted molar refractivity (Wildman–Crippen MR) is 201 cm³/mol. The van der Waals surface area contributed by atoms with Gasteiger partial charge in [0.15, 0.2) is 0 Å². The normalized spacial score (nSPS) is 13.6. The minimum atomic E-state index is 0.335. The van der Waals surface area contributed by atoms with Crippen LogP contribution >= 0.6 is 0 Å². The van der Waals surface area contributed by atoms with Crippen molar-refractivity contribution in [1.29, 1.82) is 5.41 Å². The minimum Gasteiger partial charge on any atom is -0.298 e. The molecule has 0 bridgehead atoms. The molecule has 7 aromatic rings. The van der Waals surface area contributed by atoms with Crippen molar-refractivity contribution in [3.63, 3.8) is 0 Å². The first-order valence-corrected chi connectivity index (χ1v) is 16.0. The molecule has 0 aliphatic heterocycles. The van der Waals surface area contributed by atoms with Crippen LogP contribution in [0.1, 0.15) is 11.1 Å². The number of hydrazone groups is 1. The summed E-state index contributed by atoms with van der Waals surface area (Å²) in [5.41, 5.74) is 14.9. The van der Waals surface area contributed by atoms with Gasteiger partial charge in [0.1, 0.15) is 5.71 Å². The number of hydrogen-bond donors (Lipinski definition) is 2. The van der Waals surface area contributed by atoms with Crippen LogP contribution in [0.4, 0.5) is 5.69 Å². The fraction of sp³-hybridized carbons (Fsp3) is 0. The van der Waals surface area contributed by atoms with E-state index in [-0.39, 0.29) is 0 Å². The summed E-state index contributed by atoms with van der Waals surface area (Å²) in [7, 11) is 0. The summed E-state index contributed by atoms with van der Waals surface area (Å²) >= 11 is 0. The van der Waals surface area contributed by atoms with Crippen LogP contribution in [0, 0.1) is 5.41 Å². The van der Waals surface area contributed by atoms with Gasteiger partial charge in [-0.1, -0.05) is 84.9 Å². The molecule has 4 aromatic carbocycles. The molecule has 3 heterocycles. The maximum absolute atomic E-state index is 9.32. The Labute approximate surface area is 284 Å². The average molecular weight is 631 g/mol. The highest BCUT2D eigenvalue weighted by Gasteiger charge is 2.21. The Kier molecular flexibility index (Phi) is 7.94. The third kappa shape index (κ3) is 6.19. The standard InChI is InChI=1S/C43H30N6/c44-43-40(33-11-4-9-31(22-33)35-13-6-20-46-26-35)23-37(32-10-3-8-30(21-32)34-12-5-19-45-25-34)24-42(43)49-48-38-17-15-29(16-18-38)41-28-47-27-36-7-1-2-14-39(36)41/h1-28,44,48H/b44-43?,49-42-. The number of nitrogens with one attached hydrogen (secondary N) is 2. The molecule has 2 N–H and O–H groups in total. The molecule has 6 heteroatoms. The first-order chi connectivity index (χ1) is 24.2. The number of pyridine rings is 3. The van der Waals surface area contributed by atoms with Crippen molar-refractivity contribution in [2.24, 2.45) is 5.10 Å². The van der Waals surface area contributed by atoms with Crippen LogP contribution < -0.4 is 5.43 Å². The lowest BCUT2D eigenvalue weighted by Crippen LogP contribution is -2.18. The van der Waals surface area contributed by atoms with Crippen LogP contribution in [-0.4, -0.2) is 26.4 Å². The number of hydrogen-bond acceptors (Lipinski definition) is 6. The Hall–Kier alpha value is -6.79. The van der Waals surface area contributed by atoms with Gasteiger partial charge in [0.25, 0.3) is 0 Å². The highest BCUT2D eigenvalue weighted by Crippen LogP contribution is 2.33. The molecule has 1 aliphatic carbocycles. The van der Waals surface area contributed by atoms with Gasteiger partial charge in [0.2, 0.25) is 0 Å². The second-order valence-corrected chi connectivity index (χ2v) is 11.8. The van der Waals surface area contributed by atoms with Crippen molar-refractivity contribution >= 4 is 39.0 Å². The Balaban J connectivity index is 1.15.